The first-order valence-corrected chi connectivity index (χ1v) is 5.92. The maximum atomic E-state index is 9.29. The van der Waals surface area contributed by atoms with Crippen molar-refractivity contribution in [3.63, 3.8) is 0 Å². The molecule has 0 amide bonds. The molecule has 1 heteroatoms. The Morgan fingerprint density at radius 2 is 2.00 bits per heavy atom. The Balaban J connectivity index is 1.85. The van der Waals surface area contributed by atoms with Crippen LogP contribution in [-0.2, 0) is 0 Å². The van der Waals surface area contributed by atoms with Crippen LogP contribution in [0, 0.1) is 35.5 Å². The Morgan fingerprint density at radius 1 is 1.15 bits per heavy atom. The van der Waals surface area contributed by atoms with Gasteiger partial charge in [-0.1, -0.05) is 13.3 Å². The fourth-order valence-electron chi connectivity index (χ4n) is 4.78. The van der Waals surface area contributed by atoms with Crippen molar-refractivity contribution in [1.82, 2.24) is 0 Å². The Labute approximate surface area is 80.5 Å². The molecule has 74 valence electrons. The summed E-state index contributed by atoms with van der Waals surface area (Å²) < 4.78 is 0. The summed E-state index contributed by atoms with van der Waals surface area (Å²) in [6.45, 7) is 2.89. The van der Waals surface area contributed by atoms with E-state index in [1.165, 1.54) is 25.7 Å². The predicted octanol–water partition coefficient (Wildman–Crippen LogP) is 2.30. The van der Waals surface area contributed by atoms with Crippen molar-refractivity contribution >= 4 is 0 Å². The highest BCUT2D eigenvalue weighted by molar-refractivity contribution is 5.04. The van der Waals surface area contributed by atoms with Crippen LogP contribution in [0.3, 0.4) is 0 Å². The molecular weight excluding hydrogens is 160 g/mol. The third-order valence-electron chi connectivity index (χ3n) is 5.23. The number of rotatable bonds is 1. The summed E-state index contributed by atoms with van der Waals surface area (Å²) in [6, 6.07) is 0. The molecule has 0 radical (unpaired) electrons. The lowest BCUT2D eigenvalue weighted by molar-refractivity contribution is 0.104. The highest BCUT2D eigenvalue weighted by atomic mass is 16.3. The van der Waals surface area contributed by atoms with Crippen molar-refractivity contribution in [3.05, 3.63) is 0 Å². The summed E-state index contributed by atoms with van der Waals surface area (Å²) in [5, 5.41) is 9.29. The molecule has 3 rings (SSSR count). The SMILES string of the molecule is CC1CCC2C3CC(CO)C(C3)C12. The summed E-state index contributed by atoms with van der Waals surface area (Å²) in [6.07, 6.45) is 5.74. The van der Waals surface area contributed by atoms with E-state index in [1.54, 1.807) is 0 Å². The van der Waals surface area contributed by atoms with Gasteiger partial charge in [0.05, 0.1) is 0 Å². The normalized spacial score (nSPS) is 58.6. The van der Waals surface area contributed by atoms with Crippen LogP contribution >= 0.6 is 0 Å². The van der Waals surface area contributed by atoms with Gasteiger partial charge >= 0.3 is 0 Å². The first kappa shape index (κ1) is 8.28. The van der Waals surface area contributed by atoms with Gasteiger partial charge in [0.15, 0.2) is 0 Å². The molecule has 0 saturated heterocycles. The Morgan fingerprint density at radius 3 is 2.77 bits per heavy atom. The first-order valence-electron chi connectivity index (χ1n) is 5.92. The third kappa shape index (κ3) is 0.971. The molecule has 0 aliphatic heterocycles. The highest BCUT2D eigenvalue weighted by Gasteiger charge is 2.55. The molecule has 3 fully saturated rings. The van der Waals surface area contributed by atoms with Crippen molar-refractivity contribution in [2.45, 2.75) is 32.6 Å². The largest absolute Gasteiger partial charge is 0.396 e. The van der Waals surface area contributed by atoms with Crippen LogP contribution in [-0.4, -0.2) is 11.7 Å². The minimum atomic E-state index is 0.455. The average molecular weight is 180 g/mol. The highest BCUT2D eigenvalue weighted by Crippen LogP contribution is 2.62. The van der Waals surface area contributed by atoms with Gasteiger partial charge in [-0.05, 0) is 54.8 Å². The number of aliphatic hydroxyl groups excluding tert-OH is 1. The molecule has 1 nitrogen and oxygen atoms in total. The second-order valence-corrected chi connectivity index (χ2v) is 5.63. The molecule has 6 unspecified atom stereocenters. The summed E-state index contributed by atoms with van der Waals surface area (Å²) in [7, 11) is 0. The first-order chi connectivity index (χ1) is 6.31. The van der Waals surface area contributed by atoms with Gasteiger partial charge in [0.1, 0.15) is 0 Å². The molecule has 0 spiro atoms. The maximum Gasteiger partial charge on any atom is 0.0462 e. The van der Waals surface area contributed by atoms with Gasteiger partial charge in [0.2, 0.25) is 0 Å². The van der Waals surface area contributed by atoms with E-state index in [4.69, 9.17) is 0 Å². The van der Waals surface area contributed by atoms with E-state index in [0.29, 0.717) is 12.5 Å². The maximum absolute atomic E-state index is 9.29. The Kier molecular flexibility index (Phi) is 1.74. The van der Waals surface area contributed by atoms with E-state index in [-0.39, 0.29) is 0 Å². The van der Waals surface area contributed by atoms with Crippen molar-refractivity contribution in [2.75, 3.05) is 6.61 Å². The molecule has 0 aromatic rings. The van der Waals surface area contributed by atoms with Crippen molar-refractivity contribution < 1.29 is 5.11 Å². The molecule has 6 atom stereocenters. The summed E-state index contributed by atoms with van der Waals surface area (Å²) >= 11 is 0. The molecule has 0 heterocycles. The Hall–Kier alpha value is -0.0400. The standard InChI is InChI=1S/C12H20O/c1-7-2-3-10-8-4-9(6-13)11(5-8)12(7)10/h7-13H,2-6H2,1H3. The molecule has 1 N–H and O–H groups in total. The molecule has 3 aliphatic carbocycles. The zero-order chi connectivity index (χ0) is 9.00. The molecule has 0 aromatic carbocycles. The van der Waals surface area contributed by atoms with Gasteiger partial charge < -0.3 is 5.11 Å². The number of fused-ring (bicyclic) bond motifs is 5. The van der Waals surface area contributed by atoms with Gasteiger partial charge in [-0.25, -0.2) is 0 Å². The van der Waals surface area contributed by atoms with Gasteiger partial charge in [-0.3, -0.25) is 0 Å². The van der Waals surface area contributed by atoms with E-state index in [2.05, 4.69) is 6.92 Å². The molecule has 2 bridgehead atoms. The number of aliphatic hydroxyl groups is 1. The summed E-state index contributed by atoms with van der Waals surface area (Å²) in [5.41, 5.74) is 0. The van der Waals surface area contributed by atoms with Crippen LogP contribution in [0.25, 0.3) is 0 Å². The Bertz CT molecular complexity index is 213. The summed E-state index contributed by atoms with van der Waals surface area (Å²) in [4.78, 5) is 0. The van der Waals surface area contributed by atoms with Crippen LogP contribution < -0.4 is 0 Å². The zero-order valence-corrected chi connectivity index (χ0v) is 8.45. The van der Waals surface area contributed by atoms with E-state index in [1.807, 2.05) is 0 Å². The van der Waals surface area contributed by atoms with Crippen molar-refractivity contribution in [3.8, 4) is 0 Å². The monoisotopic (exact) mass is 180 g/mol. The second kappa shape index (κ2) is 2.73. The van der Waals surface area contributed by atoms with Crippen molar-refractivity contribution in [1.29, 1.82) is 0 Å². The van der Waals surface area contributed by atoms with Gasteiger partial charge in [0.25, 0.3) is 0 Å². The van der Waals surface area contributed by atoms with Crippen LogP contribution in [0.4, 0.5) is 0 Å². The van der Waals surface area contributed by atoms with Gasteiger partial charge in [0, 0.05) is 6.61 Å². The van der Waals surface area contributed by atoms with Crippen LogP contribution in [0.5, 0.6) is 0 Å². The molecular formula is C12H20O. The second-order valence-electron chi connectivity index (χ2n) is 5.63. The molecule has 3 aliphatic rings. The summed E-state index contributed by atoms with van der Waals surface area (Å²) in [5.74, 6) is 5.58. The molecule has 3 saturated carbocycles. The van der Waals surface area contributed by atoms with Gasteiger partial charge in [-0.2, -0.15) is 0 Å². The minimum absolute atomic E-state index is 0.455. The van der Waals surface area contributed by atoms with Crippen LogP contribution in [0.2, 0.25) is 0 Å². The molecule has 13 heavy (non-hydrogen) atoms. The van der Waals surface area contributed by atoms with Crippen LogP contribution in [0.1, 0.15) is 32.6 Å². The number of hydrogen-bond acceptors (Lipinski definition) is 1. The minimum Gasteiger partial charge on any atom is -0.396 e. The zero-order valence-electron chi connectivity index (χ0n) is 8.45. The fourth-order valence-corrected chi connectivity index (χ4v) is 4.78. The number of hydrogen-bond donors (Lipinski definition) is 1. The third-order valence-corrected chi connectivity index (χ3v) is 5.23. The predicted molar refractivity (Wildman–Crippen MR) is 52.2 cm³/mol. The molecule has 0 aromatic heterocycles. The smallest absolute Gasteiger partial charge is 0.0462 e. The quantitative estimate of drug-likeness (QED) is 0.656. The van der Waals surface area contributed by atoms with E-state index in [9.17, 15) is 5.11 Å². The van der Waals surface area contributed by atoms with Crippen molar-refractivity contribution in [2.24, 2.45) is 35.5 Å². The fraction of sp³-hybridized carbons (Fsp3) is 1.00. The lowest BCUT2D eigenvalue weighted by atomic mass is 9.73. The van der Waals surface area contributed by atoms with E-state index >= 15 is 0 Å². The average Bonchev–Trinajstić information content (AvgIpc) is 2.76. The lowest BCUT2D eigenvalue weighted by Crippen LogP contribution is -2.29. The van der Waals surface area contributed by atoms with Gasteiger partial charge in [-0.15, -0.1) is 0 Å². The van der Waals surface area contributed by atoms with E-state index < -0.39 is 0 Å². The lowest BCUT2D eigenvalue weighted by Gasteiger charge is -2.32. The van der Waals surface area contributed by atoms with Crippen LogP contribution in [0.15, 0.2) is 0 Å². The van der Waals surface area contributed by atoms with E-state index in [0.717, 1.165) is 29.6 Å². The topological polar surface area (TPSA) is 20.2 Å².